The summed E-state index contributed by atoms with van der Waals surface area (Å²) in [6.45, 7) is 0.0641. The van der Waals surface area contributed by atoms with Crippen molar-refractivity contribution in [3.63, 3.8) is 0 Å². The molecular weight excluding hydrogens is 370 g/mol. The number of rotatable bonds is 8. The predicted molar refractivity (Wildman–Crippen MR) is 109 cm³/mol. The van der Waals surface area contributed by atoms with Crippen LogP contribution in [-0.4, -0.2) is 25.6 Å². The summed E-state index contributed by atoms with van der Waals surface area (Å²) in [5.41, 5.74) is 1.92. The van der Waals surface area contributed by atoms with Gasteiger partial charge in [-0.25, -0.2) is 4.79 Å². The van der Waals surface area contributed by atoms with Gasteiger partial charge >= 0.3 is 5.97 Å². The zero-order chi connectivity index (χ0) is 20.5. The number of para-hydroxylation sites is 1. The molecule has 6 nitrogen and oxygen atoms in total. The standard InChI is InChI=1S/C23H21NO5/c1-27-21-10-6-5-9-20(21)23(26)29-16-22(25)24-18-11-13-19(14-12-18)28-15-17-7-3-2-4-8-17/h2-14H,15-16H2,1H3,(H,24,25). The molecule has 0 aliphatic carbocycles. The molecule has 0 unspecified atom stereocenters. The fraction of sp³-hybridized carbons (Fsp3) is 0.130. The van der Waals surface area contributed by atoms with E-state index in [-0.39, 0.29) is 5.56 Å². The van der Waals surface area contributed by atoms with Gasteiger partial charge in [0.2, 0.25) is 0 Å². The number of carbonyl (C=O) groups excluding carboxylic acids is 2. The highest BCUT2D eigenvalue weighted by Gasteiger charge is 2.14. The molecule has 0 radical (unpaired) electrons. The van der Waals surface area contributed by atoms with Gasteiger partial charge < -0.3 is 19.5 Å². The number of benzene rings is 3. The number of hydrogen-bond acceptors (Lipinski definition) is 5. The van der Waals surface area contributed by atoms with Gasteiger partial charge in [-0.15, -0.1) is 0 Å². The van der Waals surface area contributed by atoms with Crippen molar-refractivity contribution in [3.8, 4) is 11.5 Å². The fourth-order valence-corrected chi connectivity index (χ4v) is 2.59. The van der Waals surface area contributed by atoms with Crippen LogP contribution in [0.15, 0.2) is 78.9 Å². The lowest BCUT2D eigenvalue weighted by atomic mass is 10.2. The van der Waals surface area contributed by atoms with Crippen molar-refractivity contribution >= 4 is 17.6 Å². The molecule has 0 saturated carbocycles. The van der Waals surface area contributed by atoms with Gasteiger partial charge in [0.25, 0.3) is 5.91 Å². The molecule has 0 heterocycles. The Morgan fingerprint density at radius 3 is 2.28 bits per heavy atom. The molecule has 3 aromatic rings. The van der Waals surface area contributed by atoms with Crippen molar-refractivity contribution < 1.29 is 23.8 Å². The van der Waals surface area contributed by atoms with E-state index in [1.54, 1.807) is 48.5 Å². The van der Waals surface area contributed by atoms with E-state index in [0.717, 1.165) is 5.56 Å². The first-order chi connectivity index (χ1) is 14.2. The first-order valence-corrected chi connectivity index (χ1v) is 9.02. The fourth-order valence-electron chi connectivity index (χ4n) is 2.59. The Morgan fingerprint density at radius 2 is 1.55 bits per heavy atom. The first-order valence-electron chi connectivity index (χ1n) is 9.02. The number of methoxy groups -OCH3 is 1. The van der Waals surface area contributed by atoms with Crippen molar-refractivity contribution in [1.82, 2.24) is 0 Å². The Balaban J connectivity index is 1.47. The lowest BCUT2D eigenvalue weighted by molar-refractivity contribution is -0.119. The van der Waals surface area contributed by atoms with Gasteiger partial charge in [-0.2, -0.15) is 0 Å². The van der Waals surface area contributed by atoms with E-state index >= 15 is 0 Å². The van der Waals surface area contributed by atoms with E-state index in [1.165, 1.54) is 7.11 Å². The molecule has 29 heavy (non-hydrogen) atoms. The molecule has 0 aromatic heterocycles. The van der Waals surface area contributed by atoms with Crippen molar-refractivity contribution in [1.29, 1.82) is 0 Å². The molecule has 0 atom stereocenters. The van der Waals surface area contributed by atoms with Crippen molar-refractivity contribution in [3.05, 3.63) is 90.0 Å². The average Bonchev–Trinajstić information content (AvgIpc) is 2.77. The minimum atomic E-state index is -0.623. The van der Waals surface area contributed by atoms with Gasteiger partial charge in [-0.3, -0.25) is 4.79 Å². The second-order valence-corrected chi connectivity index (χ2v) is 6.12. The number of amides is 1. The Morgan fingerprint density at radius 1 is 0.862 bits per heavy atom. The predicted octanol–water partition coefficient (Wildman–Crippen LogP) is 4.07. The molecule has 3 aromatic carbocycles. The average molecular weight is 391 g/mol. The SMILES string of the molecule is COc1ccccc1C(=O)OCC(=O)Nc1ccc(OCc2ccccc2)cc1. The second-order valence-electron chi connectivity index (χ2n) is 6.12. The monoisotopic (exact) mass is 391 g/mol. The van der Waals surface area contributed by atoms with Crippen LogP contribution >= 0.6 is 0 Å². The molecule has 1 amide bonds. The smallest absolute Gasteiger partial charge is 0.342 e. The van der Waals surface area contributed by atoms with Crippen LogP contribution in [0.2, 0.25) is 0 Å². The van der Waals surface area contributed by atoms with Crippen LogP contribution in [0, 0.1) is 0 Å². The number of anilines is 1. The van der Waals surface area contributed by atoms with Gasteiger partial charge in [0.1, 0.15) is 23.7 Å². The minimum absolute atomic E-state index is 0.266. The molecule has 0 fully saturated rings. The van der Waals surface area contributed by atoms with E-state index in [4.69, 9.17) is 14.2 Å². The van der Waals surface area contributed by atoms with E-state index < -0.39 is 18.5 Å². The Kier molecular flexibility index (Phi) is 6.84. The van der Waals surface area contributed by atoms with E-state index in [1.807, 2.05) is 30.3 Å². The molecule has 1 N–H and O–H groups in total. The van der Waals surface area contributed by atoms with Crippen LogP contribution < -0.4 is 14.8 Å². The molecule has 0 saturated heterocycles. The summed E-state index contributed by atoms with van der Waals surface area (Å²) in [5, 5.41) is 2.68. The second kappa shape index (κ2) is 9.94. The van der Waals surface area contributed by atoms with E-state index in [0.29, 0.717) is 23.8 Å². The van der Waals surface area contributed by atoms with Gasteiger partial charge in [-0.05, 0) is 42.0 Å². The molecular formula is C23H21NO5. The van der Waals surface area contributed by atoms with Crippen LogP contribution in [0.4, 0.5) is 5.69 Å². The molecule has 6 heteroatoms. The summed E-state index contributed by atoms with van der Waals surface area (Å²) >= 11 is 0. The van der Waals surface area contributed by atoms with Crippen LogP contribution in [-0.2, 0) is 16.1 Å². The number of nitrogens with one attached hydrogen (secondary N) is 1. The first kappa shape index (κ1) is 19.9. The highest BCUT2D eigenvalue weighted by atomic mass is 16.5. The molecule has 0 bridgehead atoms. The zero-order valence-electron chi connectivity index (χ0n) is 16.0. The third-order valence-corrected chi connectivity index (χ3v) is 4.05. The minimum Gasteiger partial charge on any atom is -0.496 e. The number of hydrogen-bond donors (Lipinski definition) is 1. The van der Waals surface area contributed by atoms with Gasteiger partial charge in [-0.1, -0.05) is 42.5 Å². The highest BCUT2D eigenvalue weighted by molar-refractivity contribution is 5.96. The molecule has 148 valence electrons. The number of esters is 1. The maximum absolute atomic E-state index is 12.1. The summed E-state index contributed by atoms with van der Waals surface area (Å²) in [7, 11) is 1.46. The summed E-state index contributed by atoms with van der Waals surface area (Å²) in [6, 6.07) is 23.5. The van der Waals surface area contributed by atoms with Gasteiger partial charge in [0.15, 0.2) is 6.61 Å². The van der Waals surface area contributed by atoms with E-state index in [9.17, 15) is 9.59 Å². The maximum atomic E-state index is 12.1. The number of carbonyl (C=O) groups is 2. The Bertz CT molecular complexity index is 955. The van der Waals surface area contributed by atoms with Gasteiger partial charge in [0, 0.05) is 5.69 Å². The van der Waals surface area contributed by atoms with Gasteiger partial charge in [0.05, 0.1) is 7.11 Å². The highest BCUT2D eigenvalue weighted by Crippen LogP contribution is 2.19. The summed E-state index contributed by atoms with van der Waals surface area (Å²) in [6.07, 6.45) is 0. The van der Waals surface area contributed by atoms with Crippen LogP contribution in [0.25, 0.3) is 0 Å². The third-order valence-electron chi connectivity index (χ3n) is 4.05. The van der Waals surface area contributed by atoms with Crippen molar-refractivity contribution in [2.24, 2.45) is 0 Å². The summed E-state index contributed by atoms with van der Waals surface area (Å²) in [5.74, 6) is 0.0203. The third kappa shape index (κ3) is 5.84. The molecule has 0 spiro atoms. The Hall–Kier alpha value is -3.80. The van der Waals surface area contributed by atoms with E-state index in [2.05, 4.69) is 5.32 Å². The topological polar surface area (TPSA) is 73.9 Å². The zero-order valence-corrected chi connectivity index (χ0v) is 16.0. The lowest BCUT2D eigenvalue weighted by Crippen LogP contribution is -2.21. The lowest BCUT2D eigenvalue weighted by Gasteiger charge is -2.10. The van der Waals surface area contributed by atoms with Crippen LogP contribution in [0.1, 0.15) is 15.9 Å². The Labute approximate surface area is 169 Å². The van der Waals surface area contributed by atoms with Crippen molar-refractivity contribution in [2.75, 3.05) is 19.0 Å². The largest absolute Gasteiger partial charge is 0.496 e. The summed E-state index contributed by atoms with van der Waals surface area (Å²) < 4.78 is 15.9. The quantitative estimate of drug-likeness (QED) is 0.586. The molecule has 0 aliphatic rings. The maximum Gasteiger partial charge on any atom is 0.342 e. The van der Waals surface area contributed by atoms with Crippen LogP contribution in [0.5, 0.6) is 11.5 Å². The van der Waals surface area contributed by atoms with Crippen molar-refractivity contribution in [2.45, 2.75) is 6.61 Å². The number of ether oxygens (including phenoxy) is 3. The molecule has 0 aliphatic heterocycles. The molecule has 3 rings (SSSR count). The summed E-state index contributed by atoms with van der Waals surface area (Å²) in [4.78, 5) is 24.2. The normalized spacial score (nSPS) is 10.1. The van der Waals surface area contributed by atoms with Crippen LogP contribution in [0.3, 0.4) is 0 Å².